The first kappa shape index (κ1) is 14.9. The van der Waals surface area contributed by atoms with Gasteiger partial charge in [0.05, 0.1) is 17.1 Å². The molecule has 0 heterocycles. The third kappa shape index (κ3) is 6.12. The van der Waals surface area contributed by atoms with E-state index >= 15 is 0 Å². The topological polar surface area (TPSA) is 55.4 Å². The average Bonchev–Trinajstić information content (AvgIpc) is 2.00. The van der Waals surface area contributed by atoms with Gasteiger partial charge in [-0.05, 0) is 26.7 Å². The van der Waals surface area contributed by atoms with Crippen molar-refractivity contribution in [1.29, 1.82) is 0 Å². The standard InChI is InChI=1S/C10H23NO3S/c1-9(2)8-14-11-6-7-15(12,13)10(3,4)5/h9,11H,6-8H2,1-5H3. The lowest BCUT2D eigenvalue weighted by Gasteiger charge is -2.19. The van der Waals surface area contributed by atoms with Gasteiger partial charge >= 0.3 is 0 Å². The smallest absolute Gasteiger partial charge is 0.156 e. The van der Waals surface area contributed by atoms with Crippen molar-refractivity contribution in [3.8, 4) is 0 Å². The summed E-state index contributed by atoms with van der Waals surface area (Å²) in [6, 6.07) is 0. The molecule has 5 heteroatoms. The molecule has 0 aliphatic carbocycles. The molecule has 0 saturated carbocycles. The predicted molar refractivity (Wildman–Crippen MR) is 62.3 cm³/mol. The van der Waals surface area contributed by atoms with Crippen LogP contribution in [0.15, 0.2) is 0 Å². The maximum absolute atomic E-state index is 11.7. The van der Waals surface area contributed by atoms with Crippen LogP contribution in [0.25, 0.3) is 0 Å². The van der Waals surface area contributed by atoms with Crippen molar-refractivity contribution in [2.24, 2.45) is 5.92 Å². The molecule has 0 aromatic carbocycles. The van der Waals surface area contributed by atoms with Gasteiger partial charge in [-0.1, -0.05) is 13.8 Å². The Hall–Kier alpha value is -0.130. The summed E-state index contributed by atoms with van der Waals surface area (Å²) in [5, 5.41) is 0. The minimum atomic E-state index is -3.04. The van der Waals surface area contributed by atoms with Crippen molar-refractivity contribution < 1.29 is 13.3 Å². The Morgan fingerprint density at radius 1 is 1.27 bits per heavy atom. The minimum Gasteiger partial charge on any atom is -0.302 e. The van der Waals surface area contributed by atoms with Gasteiger partial charge in [-0.15, -0.1) is 0 Å². The normalized spacial score (nSPS) is 13.5. The molecule has 0 aromatic rings. The second-order valence-corrected chi connectivity index (χ2v) is 7.89. The SMILES string of the molecule is CC(C)CONCCS(=O)(=O)C(C)(C)C. The summed E-state index contributed by atoms with van der Waals surface area (Å²) in [4.78, 5) is 5.09. The van der Waals surface area contributed by atoms with E-state index in [9.17, 15) is 8.42 Å². The highest BCUT2D eigenvalue weighted by atomic mass is 32.2. The van der Waals surface area contributed by atoms with Crippen molar-refractivity contribution in [2.75, 3.05) is 18.9 Å². The van der Waals surface area contributed by atoms with Gasteiger partial charge in [0.15, 0.2) is 9.84 Å². The second-order valence-electron chi connectivity index (χ2n) is 5.03. The van der Waals surface area contributed by atoms with Gasteiger partial charge in [0.25, 0.3) is 0 Å². The Balaban J connectivity index is 3.78. The van der Waals surface area contributed by atoms with Crippen LogP contribution in [0.1, 0.15) is 34.6 Å². The van der Waals surface area contributed by atoms with Gasteiger partial charge in [0.2, 0.25) is 0 Å². The zero-order valence-electron chi connectivity index (χ0n) is 10.3. The van der Waals surface area contributed by atoms with Crippen LogP contribution in [0, 0.1) is 5.92 Å². The number of sulfone groups is 1. The molecule has 15 heavy (non-hydrogen) atoms. The van der Waals surface area contributed by atoms with Crippen molar-refractivity contribution in [1.82, 2.24) is 5.48 Å². The Labute approximate surface area is 93.3 Å². The van der Waals surface area contributed by atoms with Crippen LogP contribution in [0.2, 0.25) is 0 Å². The van der Waals surface area contributed by atoms with E-state index in [0.717, 1.165) is 0 Å². The largest absolute Gasteiger partial charge is 0.302 e. The van der Waals surface area contributed by atoms with Crippen LogP contribution in [-0.4, -0.2) is 32.1 Å². The first-order valence-electron chi connectivity index (χ1n) is 5.24. The first-order chi connectivity index (χ1) is 6.67. The number of hydroxylamine groups is 1. The van der Waals surface area contributed by atoms with Crippen LogP contribution in [-0.2, 0) is 14.7 Å². The van der Waals surface area contributed by atoms with E-state index in [1.54, 1.807) is 20.8 Å². The van der Waals surface area contributed by atoms with E-state index in [0.29, 0.717) is 19.1 Å². The molecule has 0 bridgehead atoms. The molecule has 0 saturated heterocycles. The highest BCUT2D eigenvalue weighted by molar-refractivity contribution is 7.92. The van der Waals surface area contributed by atoms with E-state index in [-0.39, 0.29) is 5.75 Å². The Morgan fingerprint density at radius 2 is 1.80 bits per heavy atom. The van der Waals surface area contributed by atoms with Gasteiger partial charge in [-0.3, -0.25) is 0 Å². The highest BCUT2D eigenvalue weighted by Crippen LogP contribution is 2.15. The van der Waals surface area contributed by atoms with Gasteiger partial charge in [0, 0.05) is 6.54 Å². The van der Waals surface area contributed by atoms with Gasteiger partial charge in [0.1, 0.15) is 0 Å². The molecule has 4 nitrogen and oxygen atoms in total. The third-order valence-electron chi connectivity index (χ3n) is 1.92. The lowest BCUT2D eigenvalue weighted by atomic mass is 10.2. The zero-order valence-corrected chi connectivity index (χ0v) is 11.1. The lowest BCUT2D eigenvalue weighted by Crippen LogP contribution is -2.35. The second kappa shape index (κ2) is 5.82. The monoisotopic (exact) mass is 237 g/mol. The lowest BCUT2D eigenvalue weighted by molar-refractivity contribution is 0.0274. The van der Waals surface area contributed by atoms with Crippen molar-refractivity contribution >= 4 is 9.84 Å². The van der Waals surface area contributed by atoms with Crippen molar-refractivity contribution in [3.05, 3.63) is 0 Å². The molecule has 0 unspecified atom stereocenters. The van der Waals surface area contributed by atoms with Crippen LogP contribution >= 0.6 is 0 Å². The van der Waals surface area contributed by atoms with E-state index in [1.807, 2.05) is 13.8 Å². The molecule has 0 spiro atoms. The molecular weight excluding hydrogens is 214 g/mol. The molecule has 92 valence electrons. The Morgan fingerprint density at radius 3 is 2.20 bits per heavy atom. The Kier molecular flexibility index (Phi) is 5.77. The summed E-state index contributed by atoms with van der Waals surface area (Å²) >= 11 is 0. The van der Waals surface area contributed by atoms with Gasteiger partial charge in [-0.2, -0.15) is 0 Å². The molecule has 0 fully saturated rings. The molecule has 0 amide bonds. The summed E-state index contributed by atoms with van der Waals surface area (Å²) in [5.41, 5.74) is 2.67. The quantitative estimate of drug-likeness (QED) is 0.560. The molecule has 1 N–H and O–H groups in total. The van der Waals surface area contributed by atoms with Crippen LogP contribution in [0.3, 0.4) is 0 Å². The van der Waals surface area contributed by atoms with Crippen molar-refractivity contribution in [2.45, 2.75) is 39.4 Å². The maximum atomic E-state index is 11.7. The summed E-state index contributed by atoms with van der Waals surface area (Å²) in [6.07, 6.45) is 0. The molecule has 0 atom stereocenters. The van der Waals surface area contributed by atoms with E-state index in [4.69, 9.17) is 4.84 Å². The number of rotatable bonds is 6. The number of nitrogens with one attached hydrogen (secondary N) is 1. The van der Waals surface area contributed by atoms with Crippen LogP contribution < -0.4 is 5.48 Å². The molecule has 0 rings (SSSR count). The zero-order chi connectivity index (χ0) is 12.1. The van der Waals surface area contributed by atoms with E-state index < -0.39 is 14.6 Å². The van der Waals surface area contributed by atoms with Crippen LogP contribution in [0.5, 0.6) is 0 Å². The molecule has 0 radical (unpaired) electrons. The first-order valence-corrected chi connectivity index (χ1v) is 6.89. The average molecular weight is 237 g/mol. The molecular formula is C10H23NO3S. The summed E-state index contributed by atoms with van der Waals surface area (Å²) in [7, 11) is -3.04. The highest BCUT2D eigenvalue weighted by Gasteiger charge is 2.28. The predicted octanol–water partition coefficient (Wildman–Crippen LogP) is 1.38. The fourth-order valence-electron chi connectivity index (χ4n) is 0.780. The molecule has 0 aromatic heterocycles. The summed E-state index contributed by atoms with van der Waals surface area (Å²) < 4.78 is 22.6. The van der Waals surface area contributed by atoms with E-state index in [1.165, 1.54) is 0 Å². The van der Waals surface area contributed by atoms with Crippen molar-refractivity contribution in [3.63, 3.8) is 0 Å². The van der Waals surface area contributed by atoms with E-state index in [2.05, 4.69) is 5.48 Å². The van der Waals surface area contributed by atoms with Crippen LogP contribution in [0.4, 0.5) is 0 Å². The fourth-order valence-corrected chi connectivity index (χ4v) is 1.74. The summed E-state index contributed by atoms with van der Waals surface area (Å²) in [6.45, 7) is 10.1. The minimum absolute atomic E-state index is 0.106. The third-order valence-corrected chi connectivity index (χ3v) is 4.53. The maximum Gasteiger partial charge on any atom is 0.156 e. The fraction of sp³-hybridized carbons (Fsp3) is 1.00. The Bertz CT molecular complexity index is 265. The summed E-state index contributed by atoms with van der Waals surface area (Å²) in [5.74, 6) is 0.547. The van der Waals surface area contributed by atoms with Gasteiger partial charge in [-0.25, -0.2) is 13.9 Å². The van der Waals surface area contributed by atoms with Gasteiger partial charge < -0.3 is 4.84 Å². The molecule has 0 aliphatic heterocycles. The number of hydrogen-bond acceptors (Lipinski definition) is 4. The number of hydrogen-bond donors (Lipinski definition) is 1. The molecule has 0 aliphatic rings.